The summed E-state index contributed by atoms with van der Waals surface area (Å²) in [6.45, 7) is 5.68. The zero-order valence-electron chi connectivity index (χ0n) is 16.0. The highest BCUT2D eigenvalue weighted by Gasteiger charge is 2.15. The molecule has 0 aliphatic rings. The van der Waals surface area contributed by atoms with E-state index >= 15 is 0 Å². The van der Waals surface area contributed by atoms with Gasteiger partial charge >= 0.3 is 5.97 Å². The molecule has 0 atom stereocenters. The Kier molecular flexibility index (Phi) is 6.71. The Morgan fingerprint density at radius 2 is 1.70 bits per heavy atom. The van der Waals surface area contributed by atoms with E-state index in [9.17, 15) is 14.4 Å². The van der Waals surface area contributed by atoms with E-state index in [1.165, 1.54) is 14.0 Å². The molecule has 0 saturated carbocycles. The molecule has 0 heterocycles. The molecule has 0 aliphatic heterocycles. The molecule has 2 aromatic carbocycles. The first-order valence-corrected chi connectivity index (χ1v) is 8.65. The van der Waals surface area contributed by atoms with E-state index in [-0.39, 0.29) is 24.8 Å². The maximum absolute atomic E-state index is 12.3. The number of rotatable bonds is 6. The van der Waals surface area contributed by atoms with Gasteiger partial charge in [0.1, 0.15) is 0 Å². The van der Waals surface area contributed by atoms with Gasteiger partial charge in [0, 0.05) is 31.3 Å². The van der Waals surface area contributed by atoms with Gasteiger partial charge in [0.05, 0.1) is 12.7 Å². The van der Waals surface area contributed by atoms with Crippen molar-refractivity contribution in [3.05, 3.63) is 59.2 Å². The monoisotopic (exact) mass is 368 g/mol. The number of hydrogen-bond acceptors (Lipinski definition) is 4. The topological polar surface area (TPSA) is 75.7 Å². The molecule has 1 N–H and O–H groups in total. The van der Waals surface area contributed by atoms with E-state index < -0.39 is 5.97 Å². The number of nitrogens with one attached hydrogen (secondary N) is 1. The minimum absolute atomic E-state index is 0.125. The summed E-state index contributed by atoms with van der Waals surface area (Å²) < 4.78 is 4.67. The van der Waals surface area contributed by atoms with Crippen molar-refractivity contribution < 1.29 is 19.1 Å². The van der Waals surface area contributed by atoms with Crippen LogP contribution in [0.4, 0.5) is 11.4 Å². The van der Waals surface area contributed by atoms with Crippen molar-refractivity contribution in [1.82, 2.24) is 0 Å². The summed E-state index contributed by atoms with van der Waals surface area (Å²) in [6, 6.07) is 12.4. The summed E-state index contributed by atoms with van der Waals surface area (Å²) in [6.07, 6.45) is 0.134. The number of ether oxygens (including phenoxy) is 1. The summed E-state index contributed by atoms with van der Waals surface area (Å²) in [5.74, 6) is -0.836. The fourth-order valence-corrected chi connectivity index (χ4v) is 2.85. The zero-order valence-corrected chi connectivity index (χ0v) is 16.0. The van der Waals surface area contributed by atoms with Gasteiger partial charge in [-0.3, -0.25) is 9.59 Å². The number of carbonyl (C=O) groups is 3. The predicted octanol–water partition coefficient (Wildman–Crippen LogP) is 3.47. The molecule has 2 aromatic rings. The van der Waals surface area contributed by atoms with Crippen LogP contribution in [0.15, 0.2) is 42.5 Å². The van der Waals surface area contributed by atoms with Gasteiger partial charge in [-0.1, -0.05) is 12.1 Å². The van der Waals surface area contributed by atoms with Crippen molar-refractivity contribution >= 4 is 29.2 Å². The lowest BCUT2D eigenvalue weighted by molar-refractivity contribution is -0.117. The van der Waals surface area contributed by atoms with Crippen LogP contribution in [0.25, 0.3) is 0 Å². The molecular weight excluding hydrogens is 344 g/mol. The van der Waals surface area contributed by atoms with E-state index in [2.05, 4.69) is 10.1 Å². The van der Waals surface area contributed by atoms with Gasteiger partial charge in [-0.2, -0.15) is 0 Å². The first-order valence-electron chi connectivity index (χ1n) is 8.65. The minimum atomic E-state index is -0.469. The summed E-state index contributed by atoms with van der Waals surface area (Å²) in [5.41, 5.74) is 3.75. The highest BCUT2D eigenvalue weighted by molar-refractivity contribution is 5.96. The SMILES string of the molecule is COC(=O)c1cccc(NC(=O)CCN(C(C)=O)c2cc(C)cc(C)c2)c1. The van der Waals surface area contributed by atoms with Crippen molar-refractivity contribution in [2.24, 2.45) is 0 Å². The molecule has 0 aliphatic carbocycles. The maximum atomic E-state index is 12.3. The quantitative estimate of drug-likeness (QED) is 0.792. The molecule has 0 saturated heterocycles. The lowest BCUT2D eigenvalue weighted by Gasteiger charge is -2.22. The van der Waals surface area contributed by atoms with Gasteiger partial charge in [0.15, 0.2) is 0 Å². The fraction of sp³-hybridized carbons (Fsp3) is 0.286. The highest BCUT2D eigenvalue weighted by Crippen LogP contribution is 2.20. The van der Waals surface area contributed by atoms with Gasteiger partial charge in [-0.25, -0.2) is 4.79 Å². The fourth-order valence-electron chi connectivity index (χ4n) is 2.85. The normalized spacial score (nSPS) is 10.2. The Balaban J connectivity index is 2.04. The molecule has 27 heavy (non-hydrogen) atoms. The van der Waals surface area contributed by atoms with Gasteiger partial charge < -0.3 is 15.0 Å². The largest absolute Gasteiger partial charge is 0.465 e. The molecule has 6 heteroatoms. The Morgan fingerprint density at radius 3 is 2.30 bits per heavy atom. The number of anilines is 2. The molecule has 2 rings (SSSR count). The summed E-state index contributed by atoms with van der Waals surface area (Å²) >= 11 is 0. The second kappa shape index (κ2) is 8.98. The van der Waals surface area contributed by atoms with Crippen LogP contribution in [0.3, 0.4) is 0 Å². The Labute approximate surface area is 159 Å². The van der Waals surface area contributed by atoms with Crippen LogP contribution in [0, 0.1) is 13.8 Å². The zero-order chi connectivity index (χ0) is 20.0. The Bertz CT molecular complexity index is 841. The third-order valence-electron chi connectivity index (χ3n) is 4.03. The van der Waals surface area contributed by atoms with Crippen LogP contribution >= 0.6 is 0 Å². The van der Waals surface area contributed by atoms with Crippen LogP contribution in [-0.2, 0) is 14.3 Å². The van der Waals surface area contributed by atoms with Crippen LogP contribution in [0.5, 0.6) is 0 Å². The highest BCUT2D eigenvalue weighted by atomic mass is 16.5. The number of hydrogen-bond donors (Lipinski definition) is 1. The molecule has 142 valence electrons. The molecule has 0 aromatic heterocycles. The van der Waals surface area contributed by atoms with Gasteiger partial charge in [-0.15, -0.1) is 0 Å². The smallest absolute Gasteiger partial charge is 0.337 e. The standard InChI is InChI=1S/C21H24N2O4/c1-14-10-15(2)12-19(11-14)23(16(3)24)9-8-20(25)22-18-7-5-6-17(13-18)21(26)27-4/h5-7,10-13H,8-9H2,1-4H3,(H,22,25). The van der Waals surface area contributed by atoms with Gasteiger partial charge in [0.2, 0.25) is 11.8 Å². The van der Waals surface area contributed by atoms with Crippen molar-refractivity contribution in [3.63, 3.8) is 0 Å². The van der Waals surface area contributed by atoms with Crippen molar-refractivity contribution in [2.45, 2.75) is 27.2 Å². The average molecular weight is 368 g/mol. The molecule has 6 nitrogen and oxygen atoms in total. The number of carbonyl (C=O) groups excluding carboxylic acids is 3. The lowest BCUT2D eigenvalue weighted by atomic mass is 10.1. The van der Waals surface area contributed by atoms with Crippen molar-refractivity contribution in [2.75, 3.05) is 23.9 Å². The molecule has 0 spiro atoms. The molecule has 0 unspecified atom stereocenters. The average Bonchev–Trinajstić information content (AvgIpc) is 2.60. The van der Waals surface area contributed by atoms with Crippen molar-refractivity contribution in [1.29, 1.82) is 0 Å². The number of esters is 1. The number of aryl methyl sites for hydroxylation is 2. The van der Waals surface area contributed by atoms with Crippen LogP contribution in [-0.4, -0.2) is 31.4 Å². The third-order valence-corrected chi connectivity index (χ3v) is 4.03. The predicted molar refractivity (Wildman–Crippen MR) is 105 cm³/mol. The lowest BCUT2D eigenvalue weighted by Crippen LogP contribution is -2.32. The van der Waals surface area contributed by atoms with Crippen LogP contribution < -0.4 is 10.2 Å². The first kappa shape index (κ1) is 20.2. The van der Waals surface area contributed by atoms with E-state index in [0.717, 1.165) is 16.8 Å². The van der Waals surface area contributed by atoms with E-state index in [1.807, 2.05) is 32.0 Å². The maximum Gasteiger partial charge on any atom is 0.337 e. The second-order valence-corrected chi connectivity index (χ2v) is 6.39. The summed E-state index contributed by atoms with van der Waals surface area (Å²) in [7, 11) is 1.30. The number of nitrogens with zero attached hydrogens (tertiary/aromatic N) is 1. The van der Waals surface area contributed by atoms with Crippen molar-refractivity contribution in [3.8, 4) is 0 Å². The number of methoxy groups -OCH3 is 1. The molecule has 0 fully saturated rings. The van der Waals surface area contributed by atoms with E-state index in [1.54, 1.807) is 29.2 Å². The molecule has 0 radical (unpaired) electrons. The number of amides is 2. The minimum Gasteiger partial charge on any atom is -0.465 e. The summed E-state index contributed by atoms with van der Waals surface area (Å²) in [5, 5.41) is 2.75. The van der Waals surface area contributed by atoms with Gasteiger partial charge in [0.25, 0.3) is 0 Å². The second-order valence-electron chi connectivity index (χ2n) is 6.39. The Morgan fingerprint density at radius 1 is 1.04 bits per heavy atom. The van der Waals surface area contributed by atoms with Crippen LogP contribution in [0.1, 0.15) is 34.8 Å². The van der Waals surface area contributed by atoms with E-state index in [0.29, 0.717) is 11.3 Å². The Hall–Kier alpha value is -3.15. The first-order chi connectivity index (χ1) is 12.8. The third kappa shape index (κ3) is 5.67. The molecular formula is C21H24N2O4. The molecule has 2 amide bonds. The number of benzene rings is 2. The summed E-state index contributed by atoms with van der Waals surface area (Å²) in [4.78, 5) is 37.5. The van der Waals surface area contributed by atoms with Gasteiger partial charge in [-0.05, 0) is 55.3 Å². The van der Waals surface area contributed by atoms with E-state index in [4.69, 9.17) is 0 Å². The molecule has 0 bridgehead atoms. The van der Waals surface area contributed by atoms with Crippen LogP contribution in [0.2, 0.25) is 0 Å².